The maximum Gasteiger partial charge on any atom is 0.305 e. The first-order valence-electron chi connectivity index (χ1n) is 6.83. The van der Waals surface area contributed by atoms with Gasteiger partial charge in [-0.1, -0.05) is 12.1 Å². The predicted molar refractivity (Wildman–Crippen MR) is 73.3 cm³/mol. The van der Waals surface area contributed by atoms with Gasteiger partial charge in [0, 0.05) is 31.1 Å². The molecule has 1 unspecified atom stereocenters. The molecule has 0 saturated carbocycles. The average molecular weight is 296 g/mol. The molecule has 1 atom stereocenters. The van der Waals surface area contributed by atoms with Crippen molar-refractivity contribution >= 4 is 11.7 Å². The van der Waals surface area contributed by atoms with Gasteiger partial charge in [-0.15, -0.1) is 0 Å². The number of nitrogens with zero attached hydrogens (tertiary/aromatic N) is 2. The molecule has 0 bridgehead atoms. The van der Waals surface area contributed by atoms with Crippen LogP contribution in [-0.4, -0.2) is 34.0 Å². The third-order valence-electron chi connectivity index (χ3n) is 3.79. The Morgan fingerprint density at radius 2 is 2.29 bits per heavy atom. The molecule has 0 radical (unpaired) electrons. The first-order valence-corrected chi connectivity index (χ1v) is 6.83. The van der Waals surface area contributed by atoms with Gasteiger partial charge < -0.3 is 5.11 Å². The first-order chi connectivity index (χ1) is 9.97. The summed E-state index contributed by atoms with van der Waals surface area (Å²) in [5, 5.41) is 19.4. The molecule has 0 spiro atoms. The summed E-state index contributed by atoms with van der Waals surface area (Å²) in [6.45, 7) is 1.78. The molecule has 7 heteroatoms. The summed E-state index contributed by atoms with van der Waals surface area (Å²) in [6.07, 6.45) is 1.64. The van der Waals surface area contributed by atoms with Crippen LogP contribution in [-0.2, 0) is 11.3 Å². The zero-order valence-electron chi connectivity index (χ0n) is 11.5. The Hall–Kier alpha value is -2.02. The predicted octanol–water partition coefficient (Wildman–Crippen LogP) is 2.42. The van der Waals surface area contributed by atoms with Crippen molar-refractivity contribution in [2.45, 2.75) is 25.8 Å². The van der Waals surface area contributed by atoms with Gasteiger partial charge in [0.25, 0.3) is 0 Å². The number of aliphatic carboxylic acids is 1. The van der Waals surface area contributed by atoms with Crippen LogP contribution in [0, 0.1) is 21.8 Å². The summed E-state index contributed by atoms with van der Waals surface area (Å²) in [5.41, 5.74) is -0.197. The maximum atomic E-state index is 14.0. The van der Waals surface area contributed by atoms with Crippen molar-refractivity contribution in [1.82, 2.24) is 4.90 Å². The number of hydrogen-bond donors (Lipinski definition) is 1. The van der Waals surface area contributed by atoms with Crippen LogP contribution >= 0.6 is 0 Å². The lowest BCUT2D eigenvalue weighted by Gasteiger charge is -2.16. The molecule has 1 heterocycles. The highest BCUT2D eigenvalue weighted by Gasteiger charge is 2.25. The zero-order chi connectivity index (χ0) is 15.4. The number of nitro benzene ring substituents is 1. The molecule has 1 aromatic carbocycles. The Labute approximate surface area is 121 Å². The molecule has 1 N–H and O–H groups in total. The number of likely N-dealkylation sites (tertiary alicyclic amines) is 1. The Morgan fingerprint density at radius 3 is 2.95 bits per heavy atom. The minimum atomic E-state index is -0.807. The van der Waals surface area contributed by atoms with E-state index in [1.165, 1.54) is 6.07 Å². The molecule has 1 saturated heterocycles. The van der Waals surface area contributed by atoms with Crippen LogP contribution < -0.4 is 0 Å². The Kier molecular flexibility index (Phi) is 4.85. The van der Waals surface area contributed by atoms with E-state index in [4.69, 9.17) is 5.11 Å². The van der Waals surface area contributed by atoms with Gasteiger partial charge in [-0.25, -0.2) is 0 Å². The molecule has 6 nitrogen and oxygen atoms in total. The lowest BCUT2D eigenvalue weighted by molar-refractivity contribution is -0.387. The molecule has 0 amide bonds. The van der Waals surface area contributed by atoms with Crippen LogP contribution in [0.2, 0.25) is 0 Å². The van der Waals surface area contributed by atoms with Gasteiger partial charge in [-0.2, -0.15) is 4.39 Å². The molecule has 1 fully saturated rings. The van der Waals surface area contributed by atoms with Crippen molar-refractivity contribution in [3.05, 3.63) is 39.7 Å². The van der Waals surface area contributed by atoms with Crippen LogP contribution in [0.1, 0.15) is 24.8 Å². The SMILES string of the molecule is O=C(O)CCC1CCN(Cc2cccc([N+](=O)[O-])c2F)C1. The Balaban J connectivity index is 1.96. The van der Waals surface area contributed by atoms with E-state index in [1.807, 2.05) is 4.90 Å². The van der Waals surface area contributed by atoms with Crippen molar-refractivity contribution in [3.8, 4) is 0 Å². The number of carboxylic acids is 1. The minimum Gasteiger partial charge on any atom is -0.481 e. The average Bonchev–Trinajstić information content (AvgIpc) is 2.86. The van der Waals surface area contributed by atoms with E-state index in [-0.39, 0.29) is 6.42 Å². The molecular formula is C14H17FN2O4. The molecular weight excluding hydrogens is 279 g/mol. The van der Waals surface area contributed by atoms with Gasteiger partial charge in [-0.05, 0) is 25.3 Å². The number of hydrogen-bond acceptors (Lipinski definition) is 4. The van der Waals surface area contributed by atoms with E-state index in [0.717, 1.165) is 19.0 Å². The quantitative estimate of drug-likeness (QED) is 0.644. The normalized spacial score (nSPS) is 18.8. The van der Waals surface area contributed by atoms with Gasteiger partial charge >= 0.3 is 11.7 Å². The van der Waals surface area contributed by atoms with Crippen LogP contribution in [0.5, 0.6) is 0 Å². The van der Waals surface area contributed by atoms with Gasteiger partial charge in [0.2, 0.25) is 5.82 Å². The summed E-state index contributed by atoms with van der Waals surface area (Å²) in [4.78, 5) is 22.5. The van der Waals surface area contributed by atoms with Gasteiger partial charge in [0.1, 0.15) is 0 Å². The van der Waals surface area contributed by atoms with E-state index in [2.05, 4.69) is 0 Å². The third kappa shape index (κ3) is 3.98. The van der Waals surface area contributed by atoms with E-state index in [1.54, 1.807) is 6.07 Å². The van der Waals surface area contributed by atoms with E-state index in [0.29, 0.717) is 31.0 Å². The molecule has 0 aromatic heterocycles. The zero-order valence-corrected chi connectivity index (χ0v) is 11.5. The molecule has 1 aromatic rings. The molecule has 0 aliphatic carbocycles. The van der Waals surface area contributed by atoms with Crippen molar-refractivity contribution in [3.63, 3.8) is 0 Å². The number of benzene rings is 1. The topological polar surface area (TPSA) is 83.7 Å². The highest BCUT2D eigenvalue weighted by Crippen LogP contribution is 2.26. The highest BCUT2D eigenvalue weighted by molar-refractivity contribution is 5.66. The van der Waals surface area contributed by atoms with E-state index >= 15 is 0 Å². The fraction of sp³-hybridized carbons (Fsp3) is 0.500. The number of carboxylic acid groups (broad SMARTS) is 1. The summed E-state index contributed by atoms with van der Waals surface area (Å²) < 4.78 is 14.0. The van der Waals surface area contributed by atoms with Crippen LogP contribution in [0.4, 0.5) is 10.1 Å². The number of nitro groups is 1. The second kappa shape index (κ2) is 6.62. The molecule has 114 valence electrons. The summed E-state index contributed by atoms with van der Waals surface area (Å²) in [5.74, 6) is -1.29. The molecule has 21 heavy (non-hydrogen) atoms. The highest BCUT2D eigenvalue weighted by atomic mass is 19.1. The fourth-order valence-corrected chi connectivity index (χ4v) is 2.69. The van der Waals surface area contributed by atoms with E-state index < -0.39 is 22.4 Å². The lowest BCUT2D eigenvalue weighted by Crippen LogP contribution is -2.21. The van der Waals surface area contributed by atoms with E-state index in [9.17, 15) is 19.3 Å². The van der Waals surface area contributed by atoms with Gasteiger partial charge in [-0.3, -0.25) is 19.8 Å². The van der Waals surface area contributed by atoms with Gasteiger partial charge in [0.15, 0.2) is 0 Å². The van der Waals surface area contributed by atoms with Crippen LogP contribution in [0.15, 0.2) is 18.2 Å². The van der Waals surface area contributed by atoms with Gasteiger partial charge in [0.05, 0.1) is 4.92 Å². The van der Waals surface area contributed by atoms with Crippen molar-refractivity contribution in [2.75, 3.05) is 13.1 Å². The fourth-order valence-electron chi connectivity index (χ4n) is 2.69. The van der Waals surface area contributed by atoms with Crippen molar-refractivity contribution in [1.29, 1.82) is 0 Å². The standard InChI is InChI=1S/C14H17FN2O4/c15-14-11(2-1-3-12(14)17(20)21)9-16-7-6-10(8-16)4-5-13(18)19/h1-3,10H,4-9H2,(H,18,19). The molecule has 1 aliphatic rings. The smallest absolute Gasteiger partial charge is 0.305 e. The number of rotatable bonds is 6. The number of halogens is 1. The summed E-state index contributed by atoms with van der Waals surface area (Å²) in [6, 6.07) is 4.18. The number of carbonyl (C=O) groups is 1. The Bertz CT molecular complexity index is 550. The van der Waals surface area contributed by atoms with Crippen LogP contribution in [0.3, 0.4) is 0 Å². The van der Waals surface area contributed by atoms with Crippen molar-refractivity contribution in [2.24, 2.45) is 5.92 Å². The molecule has 2 rings (SSSR count). The second-order valence-corrected chi connectivity index (χ2v) is 5.33. The largest absolute Gasteiger partial charge is 0.481 e. The third-order valence-corrected chi connectivity index (χ3v) is 3.79. The lowest BCUT2D eigenvalue weighted by atomic mass is 10.0. The first kappa shape index (κ1) is 15.4. The molecule has 1 aliphatic heterocycles. The van der Waals surface area contributed by atoms with Crippen LogP contribution in [0.25, 0.3) is 0 Å². The minimum absolute atomic E-state index is 0.143. The van der Waals surface area contributed by atoms with Crippen molar-refractivity contribution < 1.29 is 19.2 Å². The Morgan fingerprint density at radius 1 is 1.52 bits per heavy atom. The maximum absolute atomic E-state index is 14.0. The summed E-state index contributed by atoms with van der Waals surface area (Å²) >= 11 is 0. The summed E-state index contributed by atoms with van der Waals surface area (Å²) in [7, 11) is 0. The second-order valence-electron chi connectivity index (χ2n) is 5.33. The monoisotopic (exact) mass is 296 g/mol.